The molecule has 0 saturated carbocycles. The number of amides is 2. The summed E-state index contributed by atoms with van der Waals surface area (Å²) < 4.78 is 17.9. The maximum Gasteiger partial charge on any atom is 0.253 e. The molecule has 1 aliphatic rings. The Bertz CT molecular complexity index is 539. The Labute approximate surface area is 135 Å². The zero-order valence-corrected chi connectivity index (χ0v) is 13.5. The summed E-state index contributed by atoms with van der Waals surface area (Å²) in [6.07, 6.45) is 1.27. The fourth-order valence-corrected chi connectivity index (χ4v) is 2.77. The van der Waals surface area contributed by atoms with Crippen molar-refractivity contribution in [3.63, 3.8) is 0 Å². The minimum absolute atomic E-state index is 0.0171. The summed E-state index contributed by atoms with van der Waals surface area (Å²) in [6.45, 7) is 3.45. The first-order chi connectivity index (χ1) is 11.0. The van der Waals surface area contributed by atoms with E-state index in [4.69, 9.17) is 4.74 Å². The van der Waals surface area contributed by atoms with E-state index >= 15 is 0 Å². The number of benzene rings is 1. The van der Waals surface area contributed by atoms with Crippen molar-refractivity contribution in [1.29, 1.82) is 0 Å². The van der Waals surface area contributed by atoms with Crippen molar-refractivity contribution in [3.05, 3.63) is 35.6 Å². The van der Waals surface area contributed by atoms with E-state index < -0.39 is 0 Å². The van der Waals surface area contributed by atoms with Crippen molar-refractivity contribution in [2.75, 3.05) is 26.8 Å². The van der Waals surface area contributed by atoms with Gasteiger partial charge in [0.05, 0.1) is 6.61 Å². The molecule has 23 heavy (non-hydrogen) atoms. The minimum Gasteiger partial charge on any atom is -0.383 e. The van der Waals surface area contributed by atoms with E-state index in [1.807, 2.05) is 6.92 Å². The third-order valence-corrected chi connectivity index (χ3v) is 4.05. The maximum atomic E-state index is 12.9. The molecule has 1 aromatic carbocycles. The third-order valence-electron chi connectivity index (χ3n) is 4.05. The van der Waals surface area contributed by atoms with E-state index in [1.54, 1.807) is 12.0 Å². The predicted octanol–water partition coefficient (Wildman–Crippen LogP) is 1.83. The highest BCUT2D eigenvalue weighted by Crippen LogP contribution is 2.19. The summed E-state index contributed by atoms with van der Waals surface area (Å²) in [5, 5.41) is 2.92. The van der Waals surface area contributed by atoms with E-state index in [-0.39, 0.29) is 29.6 Å². The molecule has 5 nitrogen and oxygen atoms in total. The van der Waals surface area contributed by atoms with Gasteiger partial charge < -0.3 is 15.0 Å². The van der Waals surface area contributed by atoms with Crippen molar-refractivity contribution in [3.8, 4) is 0 Å². The molecule has 1 atom stereocenters. The number of hydrogen-bond acceptors (Lipinski definition) is 3. The fourth-order valence-electron chi connectivity index (χ4n) is 2.77. The van der Waals surface area contributed by atoms with Crippen molar-refractivity contribution in [1.82, 2.24) is 10.2 Å². The monoisotopic (exact) mass is 322 g/mol. The third kappa shape index (κ3) is 4.76. The predicted molar refractivity (Wildman–Crippen MR) is 84.5 cm³/mol. The van der Waals surface area contributed by atoms with E-state index in [0.29, 0.717) is 38.1 Å². The normalized spacial score (nSPS) is 16.9. The van der Waals surface area contributed by atoms with Crippen LogP contribution < -0.4 is 5.32 Å². The van der Waals surface area contributed by atoms with Crippen LogP contribution in [0.25, 0.3) is 0 Å². The van der Waals surface area contributed by atoms with Gasteiger partial charge >= 0.3 is 0 Å². The molecule has 1 aromatic rings. The average molecular weight is 322 g/mol. The number of likely N-dealkylation sites (tertiary alicyclic amines) is 1. The van der Waals surface area contributed by atoms with Gasteiger partial charge in [0.15, 0.2) is 0 Å². The van der Waals surface area contributed by atoms with Crippen LogP contribution in [0.15, 0.2) is 24.3 Å². The molecular weight excluding hydrogens is 299 g/mol. The van der Waals surface area contributed by atoms with Crippen LogP contribution in [0.2, 0.25) is 0 Å². The molecule has 0 radical (unpaired) electrons. The molecule has 6 heteroatoms. The van der Waals surface area contributed by atoms with E-state index in [9.17, 15) is 14.0 Å². The molecule has 1 fully saturated rings. The highest BCUT2D eigenvalue weighted by molar-refractivity contribution is 5.94. The topological polar surface area (TPSA) is 58.6 Å². The van der Waals surface area contributed by atoms with Crippen LogP contribution in [0, 0.1) is 11.7 Å². The number of hydrogen-bond donors (Lipinski definition) is 1. The summed E-state index contributed by atoms with van der Waals surface area (Å²) in [5.74, 6) is -0.534. The van der Waals surface area contributed by atoms with Gasteiger partial charge in [0.25, 0.3) is 5.91 Å². The van der Waals surface area contributed by atoms with Crippen LogP contribution in [0.4, 0.5) is 4.39 Å². The molecule has 0 spiro atoms. The standard InChI is InChI=1S/C17H23FN2O3/c1-12(11-23-2)19-16(21)13-7-9-20(10-8-13)17(22)14-3-5-15(18)6-4-14/h3-6,12-13H,7-11H2,1-2H3,(H,19,21)/t12-/m1/s1. The second kappa shape index (κ2) is 8.06. The Kier molecular flexibility index (Phi) is 6.10. The molecule has 0 bridgehead atoms. The number of piperidine rings is 1. The van der Waals surface area contributed by atoms with Crippen LogP contribution in [0.5, 0.6) is 0 Å². The Morgan fingerprint density at radius 2 is 1.91 bits per heavy atom. The van der Waals surface area contributed by atoms with Gasteiger partial charge in [0.2, 0.25) is 5.91 Å². The molecule has 0 aromatic heterocycles. The highest BCUT2D eigenvalue weighted by Gasteiger charge is 2.28. The summed E-state index contributed by atoms with van der Waals surface area (Å²) in [4.78, 5) is 26.2. The smallest absolute Gasteiger partial charge is 0.253 e. The quantitative estimate of drug-likeness (QED) is 0.900. The Balaban J connectivity index is 1.84. The Morgan fingerprint density at radius 3 is 2.48 bits per heavy atom. The number of halogens is 1. The largest absolute Gasteiger partial charge is 0.383 e. The first-order valence-corrected chi connectivity index (χ1v) is 7.85. The Hall–Kier alpha value is -1.95. The fraction of sp³-hybridized carbons (Fsp3) is 0.529. The lowest BCUT2D eigenvalue weighted by atomic mass is 9.95. The minimum atomic E-state index is -0.359. The highest BCUT2D eigenvalue weighted by atomic mass is 19.1. The van der Waals surface area contributed by atoms with Crippen LogP contribution >= 0.6 is 0 Å². The van der Waals surface area contributed by atoms with Crippen LogP contribution in [-0.2, 0) is 9.53 Å². The first kappa shape index (κ1) is 17.4. The van der Waals surface area contributed by atoms with Gasteiger partial charge in [-0.05, 0) is 44.0 Å². The van der Waals surface area contributed by atoms with Crippen LogP contribution in [0.1, 0.15) is 30.1 Å². The SMILES string of the molecule is COC[C@@H](C)NC(=O)C1CCN(C(=O)c2ccc(F)cc2)CC1. The van der Waals surface area contributed by atoms with Crippen LogP contribution in [-0.4, -0.2) is 49.6 Å². The number of methoxy groups -OCH3 is 1. The van der Waals surface area contributed by atoms with Gasteiger partial charge in [-0.15, -0.1) is 0 Å². The lowest BCUT2D eigenvalue weighted by Crippen LogP contribution is -2.45. The van der Waals surface area contributed by atoms with E-state index in [0.717, 1.165) is 0 Å². The average Bonchev–Trinajstić information content (AvgIpc) is 2.55. The molecule has 1 N–H and O–H groups in total. The van der Waals surface area contributed by atoms with Gasteiger partial charge in [0, 0.05) is 37.7 Å². The zero-order valence-electron chi connectivity index (χ0n) is 13.5. The zero-order chi connectivity index (χ0) is 16.8. The number of rotatable bonds is 5. The number of carbonyl (C=O) groups is 2. The molecule has 1 saturated heterocycles. The van der Waals surface area contributed by atoms with E-state index in [2.05, 4.69) is 5.32 Å². The molecule has 1 aliphatic heterocycles. The molecule has 0 unspecified atom stereocenters. The molecule has 126 valence electrons. The molecule has 0 aliphatic carbocycles. The molecular formula is C17H23FN2O3. The van der Waals surface area contributed by atoms with Crippen molar-refractivity contribution in [2.45, 2.75) is 25.8 Å². The first-order valence-electron chi connectivity index (χ1n) is 7.85. The number of carbonyl (C=O) groups excluding carboxylic acids is 2. The second-order valence-electron chi connectivity index (χ2n) is 5.94. The van der Waals surface area contributed by atoms with Gasteiger partial charge in [-0.3, -0.25) is 9.59 Å². The van der Waals surface area contributed by atoms with Crippen molar-refractivity contribution < 1.29 is 18.7 Å². The van der Waals surface area contributed by atoms with Crippen molar-refractivity contribution >= 4 is 11.8 Å². The van der Waals surface area contributed by atoms with Crippen molar-refractivity contribution in [2.24, 2.45) is 5.92 Å². The van der Waals surface area contributed by atoms with Gasteiger partial charge in [-0.2, -0.15) is 0 Å². The lowest BCUT2D eigenvalue weighted by molar-refractivity contribution is -0.127. The van der Waals surface area contributed by atoms with Crippen LogP contribution in [0.3, 0.4) is 0 Å². The van der Waals surface area contributed by atoms with E-state index in [1.165, 1.54) is 24.3 Å². The summed E-state index contributed by atoms with van der Waals surface area (Å²) >= 11 is 0. The number of nitrogens with zero attached hydrogens (tertiary/aromatic N) is 1. The summed E-state index contributed by atoms with van der Waals surface area (Å²) in [6, 6.07) is 5.52. The summed E-state index contributed by atoms with van der Waals surface area (Å²) in [7, 11) is 1.60. The van der Waals surface area contributed by atoms with Gasteiger partial charge in [-0.1, -0.05) is 0 Å². The molecule has 2 amide bonds. The van der Waals surface area contributed by atoms with Gasteiger partial charge in [0.1, 0.15) is 5.82 Å². The maximum absolute atomic E-state index is 12.9. The molecule has 2 rings (SSSR count). The molecule has 1 heterocycles. The number of nitrogens with one attached hydrogen (secondary N) is 1. The van der Waals surface area contributed by atoms with Gasteiger partial charge in [-0.25, -0.2) is 4.39 Å². The lowest BCUT2D eigenvalue weighted by Gasteiger charge is -2.32. The number of ether oxygens (including phenoxy) is 1. The Morgan fingerprint density at radius 1 is 1.30 bits per heavy atom. The summed E-state index contributed by atoms with van der Waals surface area (Å²) in [5.41, 5.74) is 0.475. The second-order valence-corrected chi connectivity index (χ2v) is 5.94.